The maximum Gasteiger partial charge on any atom is 0.309 e. The van der Waals surface area contributed by atoms with Gasteiger partial charge in [-0.15, -0.1) is 0 Å². The normalized spacial score (nSPS) is 37.3. The third kappa shape index (κ3) is 2.11. The van der Waals surface area contributed by atoms with E-state index >= 15 is 0 Å². The lowest BCUT2D eigenvalue weighted by atomic mass is 9.79. The molecule has 22 heavy (non-hydrogen) atoms. The molecule has 3 rings (SSSR count). The lowest BCUT2D eigenvalue weighted by Crippen LogP contribution is -2.37. The van der Waals surface area contributed by atoms with Gasteiger partial charge in [-0.05, 0) is 19.9 Å². The highest BCUT2D eigenvalue weighted by Gasteiger charge is 2.55. The van der Waals surface area contributed by atoms with Gasteiger partial charge in [0.15, 0.2) is 5.78 Å². The smallest absolute Gasteiger partial charge is 0.309 e. The van der Waals surface area contributed by atoms with Gasteiger partial charge in [0.2, 0.25) is 0 Å². The first-order valence-electron chi connectivity index (χ1n) is 7.61. The van der Waals surface area contributed by atoms with Gasteiger partial charge in [-0.25, -0.2) is 0 Å². The Balaban J connectivity index is 2.08. The monoisotopic (exact) mass is 304 g/mol. The maximum absolute atomic E-state index is 12.3. The molecule has 1 heterocycles. The molecule has 1 saturated heterocycles. The maximum atomic E-state index is 12.3. The van der Waals surface area contributed by atoms with E-state index in [9.17, 15) is 14.4 Å². The third-order valence-corrected chi connectivity index (χ3v) is 5.05. The minimum absolute atomic E-state index is 0.0159. The number of ketones is 1. The largest absolute Gasteiger partial charge is 0.462 e. The number of allylic oxidation sites excluding steroid dienone is 1. The molecule has 0 aromatic rings. The predicted octanol–water partition coefficient (Wildman–Crippen LogP) is 1.96. The van der Waals surface area contributed by atoms with Crippen LogP contribution in [0.1, 0.15) is 34.1 Å². The molecule has 5 atom stereocenters. The Morgan fingerprint density at radius 2 is 2.00 bits per heavy atom. The summed E-state index contributed by atoms with van der Waals surface area (Å²) in [6.45, 7) is 6.96. The van der Waals surface area contributed by atoms with Crippen LogP contribution in [0.15, 0.2) is 22.8 Å². The zero-order valence-corrected chi connectivity index (χ0v) is 13.2. The summed E-state index contributed by atoms with van der Waals surface area (Å²) in [5.41, 5.74) is 2.55. The molecule has 0 amide bonds. The first kappa shape index (κ1) is 15.0. The van der Waals surface area contributed by atoms with Crippen LogP contribution in [-0.2, 0) is 23.9 Å². The molecule has 0 N–H and O–H groups in total. The summed E-state index contributed by atoms with van der Waals surface area (Å²) < 4.78 is 11.1. The lowest BCUT2D eigenvalue weighted by Gasteiger charge is -2.29. The molecule has 1 fully saturated rings. The Morgan fingerprint density at radius 3 is 2.64 bits per heavy atom. The highest BCUT2D eigenvalue weighted by molar-refractivity contribution is 6.09. The molecule has 1 aliphatic heterocycles. The molecule has 0 saturated carbocycles. The van der Waals surface area contributed by atoms with Crippen molar-refractivity contribution in [3.05, 3.63) is 22.8 Å². The third-order valence-electron chi connectivity index (χ3n) is 5.05. The fraction of sp³-hybridized carbons (Fsp3) is 0.588. The van der Waals surface area contributed by atoms with Crippen LogP contribution in [0.3, 0.4) is 0 Å². The average Bonchev–Trinajstić information content (AvgIpc) is 2.81. The van der Waals surface area contributed by atoms with Crippen molar-refractivity contribution in [2.24, 2.45) is 17.8 Å². The molecule has 2 unspecified atom stereocenters. The topological polar surface area (TPSA) is 69.7 Å². The Labute approximate surface area is 129 Å². The first-order valence-corrected chi connectivity index (χ1v) is 7.61. The van der Waals surface area contributed by atoms with Gasteiger partial charge in [0.1, 0.15) is 12.2 Å². The molecule has 0 aromatic carbocycles. The highest BCUT2D eigenvalue weighted by Crippen LogP contribution is 2.48. The molecule has 118 valence electrons. The minimum Gasteiger partial charge on any atom is -0.462 e. The van der Waals surface area contributed by atoms with E-state index in [2.05, 4.69) is 0 Å². The fourth-order valence-corrected chi connectivity index (χ4v) is 4.12. The number of ether oxygens (including phenoxy) is 2. The zero-order chi connectivity index (χ0) is 16.2. The van der Waals surface area contributed by atoms with Crippen LogP contribution in [0.25, 0.3) is 0 Å². The number of hydrogen-bond donors (Lipinski definition) is 0. The van der Waals surface area contributed by atoms with Crippen molar-refractivity contribution in [2.75, 3.05) is 0 Å². The molecule has 0 aromatic heterocycles. The zero-order valence-electron chi connectivity index (χ0n) is 13.2. The molecule has 0 radical (unpaired) electrons. The van der Waals surface area contributed by atoms with E-state index in [0.717, 1.165) is 11.1 Å². The Kier molecular flexibility index (Phi) is 3.46. The van der Waals surface area contributed by atoms with Crippen LogP contribution < -0.4 is 0 Å². The number of esters is 2. The second kappa shape index (κ2) is 5.07. The summed E-state index contributed by atoms with van der Waals surface area (Å²) in [7, 11) is 0. The van der Waals surface area contributed by atoms with E-state index in [4.69, 9.17) is 9.47 Å². The molecule has 0 bridgehead atoms. The van der Waals surface area contributed by atoms with Crippen molar-refractivity contribution in [1.29, 1.82) is 0 Å². The van der Waals surface area contributed by atoms with Gasteiger partial charge in [-0.2, -0.15) is 0 Å². The summed E-state index contributed by atoms with van der Waals surface area (Å²) in [5.74, 6) is -1.44. The summed E-state index contributed by atoms with van der Waals surface area (Å²) in [6, 6.07) is 0. The Bertz CT molecular complexity index is 627. The number of fused-ring (bicyclic) bond motifs is 3. The van der Waals surface area contributed by atoms with Gasteiger partial charge in [0.25, 0.3) is 0 Å². The van der Waals surface area contributed by atoms with Crippen molar-refractivity contribution in [3.63, 3.8) is 0 Å². The predicted molar refractivity (Wildman–Crippen MR) is 77.7 cm³/mol. The SMILES string of the molecule is CC(=O)O[C@H]1CC(C)=C2C(=O)C=C(C)C2[C@H]2OC(=O)[C@@H](C)C21. The van der Waals surface area contributed by atoms with Gasteiger partial charge in [0, 0.05) is 30.8 Å². The number of carbonyl (C=O) groups excluding carboxylic acids is 3. The van der Waals surface area contributed by atoms with Crippen molar-refractivity contribution in [3.8, 4) is 0 Å². The standard InChI is InChI=1S/C17H20O5/c1-7-5-11(19)13-8(2)6-12(21-10(4)18)15-9(3)17(20)22-16(15)14(7)13/h5,9,12,14-16H,6H2,1-4H3/t9-,12-,14?,15?,16+/m0/s1. The van der Waals surface area contributed by atoms with Crippen LogP contribution >= 0.6 is 0 Å². The Morgan fingerprint density at radius 1 is 1.32 bits per heavy atom. The molecule has 5 heteroatoms. The second-order valence-corrected chi connectivity index (χ2v) is 6.54. The van der Waals surface area contributed by atoms with Crippen molar-refractivity contribution >= 4 is 17.7 Å². The Hall–Kier alpha value is -1.91. The lowest BCUT2D eigenvalue weighted by molar-refractivity contribution is -0.150. The van der Waals surface area contributed by atoms with Crippen LogP contribution in [0.4, 0.5) is 0 Å². The molecular formula is C17H20O5. The van der Waals surface area contributed by atoms with Crippen molar-refractivity contribution in [1.82, 2.24) is 0 Å². The number of rotatable bonds is 1. The molecule has 2 aliphatic carbocycles. The van der Waals surface area contributed by atoms with Gasteiger partial charge < -0.3 is 9.47 Å². The van der Waals surface area contributed by atoms with E-state index in [1.54, 1.807) is 13.0 Å². The van der Waals surface area contributed by atoms with Crippen LogP contribution in [0, 0.1) is 17.8 Å². The molecule has 0 spiro atoms. The quantitative estimate of drug-likeness (QED) is 0.693. The molecule has 3 aliphatic rings. The van der Waals surface area contributed by atoms with Crippen molar-refractivity contribution in [2.45, 2.75) is 46.3 Å². The fourth-order valence-electron chi connectivity index (χ4n) is 4.12. The van der Waals surface area contributed by atoms with E-state index in [1.807, 2.05) is 13.8 Å². The van der Waals surface area contributed by atoms with Gasteiger partial charge in [-0.1, -0.05) is 18.1 Å². The number of hydrogen-bond acceptors (Lipinski definition) is 5. The van der Waals surface area contributed by atoms with Gasteiger partial charge >= 0.3 is 11.9 Å². The van der Waals surface area contributed by atoms with Crippen molar-refractivity contribution < 1.29 is 23.9 Å². The summed E-state index contributed by atoms with van der Waals surface area (Å²) in [5, 5.41) is 0. The highest BCUT2D eigenvalue weighted by atomic mass is 16.6. The van der Waals surface area contributed by atoms with Crippen LogP contribution in [0.2, 0.25) is 0 Å². The summed E-state index contributed by atoms with van der Waals surface area (Å²) >= 11 is 0. The minimum atomic E-state index is -0.429. The van der Waals surface area contributed by atoms with E-state index < -0.39 is 12.2 Å². The van der Waals surface area contributed by atoms with Crippen LogP contribution in [0.5, 0.6) is 0 Å². The van der Waals surface area contributed by atoms with Gasteiger partial charge in [-0.3, -0.25) is 14.4 Å². The van der Waals surface area contributed by atoms with Gasteiger partial charge in [0.05, 0.1) is 5.92 Å². The number of carbonyl (C=O) groups is 3. The second-order valence-electron chi connectivity index (χ2n) is 6.54. The van der Waals surface area contributed by atoms with Crippen LogP contribution in [-0.4, -0.2) is 29.9 Å². The average molecular weight is 304 g/mol. The summed E-state index contributed by atoms with van der Waals surface area (Å²) in [6.07, 6.45) is 1.24. The van der Waals surface area contributed by atoms with E-state index in [0.29, 0.717) is 12.0 Å². The summed E-state index contributed by atoms with van der Waals surface area (Å²) in [4.78, 5) is 35.8. The molecule has 5 nitrogen and oxygen atoms in total. The van der Waals surface area contributed by atoms with E-state index in [-0.39, 0.29) is 35.5 Å². The molecular weight excluding hydrogens is 284 g/mol. The van der Waals surface area contributed by atoms with E-state index in [1.165, 1.54) is 6.92 Å². The first-order chi connectivity index (χ1) is 10.3.